The molecule has 0 spiro atoms. The maximum atomic E-state index is 12.4. The number of aryl methyl sites for hydroxylation is 2. The zero-order valence-electron chi connectivity index (χ0n) is 12.8. The number of carboxylic acid groups (broad SMARTS) is 1. The molecule has 0 aromatic carbocycles. The zero-order chi connectivity index (χ0) is 15.6. The monoisotopic (exact) mass is 294 g/mol. The highest BCUT2D eigenvalue weighted by atomic mass is 16.5. The Morgan fingerprint density at radius 1 is 1.43 bits per heavy atom. The normalized spacial score (nSPS) is 15.8. The van der Waals surface area contributed by atoms with Gasteiger partial charge >= 0.3 is 5.97 Å². The Hall–Kier alpha value is -1.85. The molecule has 0 aliphatic heterocycles. The van der Waals surface area contributed by atoms with Crippen LogP contribution in [-0.4, -0.2) is 39.6 Å². The van der Waals surface area contributed by atoms with Crippen LogP contribution < -0.4 is 0 Å². The Morgan fingerprint density at radius 3 is 2.57 bits per heavy atom. The van der Waals surface area contributed by atoms with Crippen molar-refractivity contribution in [3.8, 4) is 0 Å². The van der Waals surface area contributed by atoms with Crippen LogP contribution in [0.2, 0.25) is 0 Å². The lowest BCUT2D eigenvalue weighted by atomic mass is 10.1. The number of aliphatic carboxylic acids is 1. The Bertz CT molecular complexity index is 514. The molecule has 6 nitrogen and oxygen atoms in total. The summed E-state index contributed by atoms with van der Waals surface area (Å²) >= 11 is 0. The van der Waals surface area contributed by atoms with E-state index in [1.165, 1.54) is 0 Å². The minimum absolute atomic E-state index is 0.0191. The van der Waals surface area contributed by atoms with Gasteiger partial charge in [0, 0.05) is 24.6 Å². The molecule has 116 valence electrons. The van der Waals surface area contributed by atoms with Gasteiger partial charge in [0.15, 0.2) is 0 Å². The van der Waals surface area contributed by atoms with E-state index in [2.05, 4.69) is 5.16 Å². The summed E-state index contributed by atoms with van der Waals surface area (Å²) in [6.45, 7) is 5.63. The van der Waals surface area contributed by atoms with Gasteiger partial charge in [-0.2, -0.15) is 0 Å². The number of nitrogens with zero attached hydrogens (tertiary/aromatic N) is 2. The molecule has 1 aromatic heterocycles. The first-order valence-corrected chi connectivity index (χ1v) is 7.34. The first-order valence-electron chi connectivity index (χ1n) is 7.34. The fraction of sp³-hybridized carbons (Fsp3) is 0.667. The topological polar surface area (TPSA) is 83.6 Å². The molecule has 21 heavy (non-hydrogen) atoms. The standard InChI is InChI=1S/C15H22N2O4/c1-9(15(19)20)8-17(12-4-5-12)14(18)7-6-13-10(2)16-21-11(13)3/h9,12H,4-8H2,1-3H3,(H,19,20)/t9-/m1/s1. The SMILES string of the molecule is Cc1noc(C)c1CCC(=O)N(C[C@@H](C)C(=O)O)C1CC1. The highest BCUT2D eigenvalue weighted by molar-refractivity contribution is 5.78. The molecule has 0 radical (unpaired) electrons. The molecule has 1 atom stereocenters. The van der Waals surface area contributed by atoms with Crippen molar-refractivity contribution in [1.29, 1.82) is 0 Å². The molecule has 1 saturated carbocycles. The molecule has 0 bridgehead atoms. The second kappa shape index (κ2) is 6.28. The van der Waals surface area contributed by atoms with Crippen LogP contribution >= 0.6 is 0 Å². The van der Waals surface area contributed by atoms with Gasteiger partial charge in [-0.15, -0.1) is 0 Å². The minimum atomic E-state index is -0.862. The Balaban J connectivity index is 1.94. The lowest BCUT2D eigenvalue weighted by molar-refractivity contribution is -0.143. The van der Waals surface area contributed by atoms with Gasteiger partial charge in [-0.05, 0) is 33.1 Å². The second-order valence-electron chi connectivity index (χ2n) is 5.82. The number of rotatable bonds is 7. The van der Waals surface area contributed by atoms with Crippen LogP contribution in [0.25, 0.3) is 0 Å². The van der Waals surface area contributed by atoms with Gasteiger partial charge in [-0.3, -0.25) is 9.59 Å². The van der Waals surface area contributed by atoms with Gasteiger partial charge in [0.2, 0.25) is 5.91 Å². The van der Waals surface area contributed by atoms with E-state index in [1.54, 1.807) is 11.8 Å². The van der Waals surface area contributed by atoms with Crippen molar-refractivity contribution in [2.75, 3.05) is 6.54 Å². The summed E-state index contributed by atoms with van der Waals surface area (Å²) in [5.74, 6) is -0.629. The molecule has 6 heteroatoms. The fourth-order valence-electron chi connectivity index (χ4n) is 2.45. The maximum Gasteiger partial charge on any atom is 0.308 e. The molecular formula is C15H22N2O4. The van der Waals surface area contributed by atoms with Crippen molar-refractivity contribution < 1.29 is 19.2 Å². The van der Waals surface area contributed by atoms with Crippen molar-refractivity contribution in [1.82, 2.24) is 10.1 Å². The van der Waals surface area contributed by atoms with Gasteiger partial charge in [0.25, 0.3) is 0 Å². The molecule has 1 fully saturated rings. The summed E-state index contributed by atoms with van der Waals surface area (Å²) in [7, 11) is 0. The average Bonchev–Trinajstić information content (AvgIpc) is 3.21. The number of amides is 1. The average molecular weight is 294 g/mol. The number of aromatic nitrogens is 1. The van der Waals surface area contributed by atoms with Crippen LogP contribution in [0.4, 0.5) is 0 Å². The summed E-state index contributed by atoms with van der Waals surface area (Å²) in [6.07, 6.45) is 2.91. The van der Waals surface area contributed by atoms with E-state index in [9.17, 15) is 9.59 Å². The Kier molecular flexibility index (Phi) is 4.65. The predicted molar refractivity (Wildman–Crippen MR) is 75.8 cm³/mol. The summed E-state index contributed by atoms with van der Waals surface area (Å²) in [6, 6.07) is 0.226. The second-order valence-corrected chi connectivity index (χ2v) is 5.82. The van der Waals surface area contributed by atoms with Crippen molar-refractivity contribution in [3.63, 3.8) is 0 Å². The molecule has 1 N–H and O–H groups in total. The van der Waals surface area contributed by atoms with Crippen LogP contribution in [0.5, 0.6) is 0 Å². The summed E-state index contributed by atoms with van der Waals surface area (Å²) in [5, 5.41) is 12.9. The van der Waals surface area contributed by atoms with E-state index < -0.39 is 11.9 Å². The molecule has 2 rings (SSSR count). The first-order chi connectivity index (χ1) is 9.90. The Labute approximate surface area is 124 Å². The van der Waals surface area contributed by atoms with Gasteiger partial charge in [-0.25, -0.2) is 0 Å². The fourth-order valence-corrected chi connectivity index (χ4v) is 2.45. The van der Waals surface area contributed by atoms with Crippen LogP contribution in [0.3, 0.4) is 0 Å². The summed E-state index contributed by atoms with van der Waals surface area (Å²) in [4.78, 5) is 25.1. The van der Waals surface area contributed by atoms with Crippen LogP contribution in [0.15, 0.2) is 4.52 Å². The van der Waals surface area contributed by atoms with Crippen molar-refractivity contribution in [3.05, 3.63) is 17.0 Å². The van der Waals surface area contributed by atoms with Gasteiger partial charge in [0.05, 0.1) is 11.6 Å². The van der Waals surface area contributed by atoms with Gasteiger partial charge < -0.3 is 14.5 Å². The van der Waals surface area contributed by atoms with Gasteiger partial charge in [-0.1, -0.05) is 12.1 Å². The lowest BCUT2D eigenvalue weighted by Gasteiger charge is -2.24. The molecule has 1 heterocycles. The summed E-state index contributed by atoms with van der Waals surface area (Å²) < 4.78 is 5.09. The van der Waals surface area contributed by atoms with Crippen molar-refractivity contribution in [2.45, 2.75) is 52.5 Å². The maximum absolute atomic E-state index is 12.4. The molecule has 0 saturated heterocycles. The minimum Gasteiger partial charge on any atom is -0.481 e. The Morgan fingerprint density at radius 2 is 2.10 bits per heavy atom. The van der Waals surface area contributed by atoms with E-state index in [0.29, 0.717) is 19.4 Å². The van der Waals surface area contributed by atoms with Crippen molar-refractivity contribution >= 4 is 11.9 Å². The summed E-state index contributed by atoms with van der Waals surface area (Å²) in [5.41, 5.74) is 1.79. The van der Waals surface area contributed by atoms with E-state index in [1.807, 2.05) is 13.8 Å². The number of carbonyl (C=O) groups excluding carboxylic acids is 1. The smallest absolute Gasteiger partial charge is 0.308 e. The van der Waals surface area contributed by atoms with Crippen molar-refractivity contribution in [2.24, 2.45) is 5.92 Å². The van der Waals surface area contributed by atoms with Gasteiger partial charge in [0.1, 0.15) is 5.76 Å². The molecule has 1 amide bonds. The van der Waals surface area contributed by atoms with Crippen LogP contribution in [0, 0.1) is 19.8 Å². The number of carbonyl (C=O) groups is 2. The third-order valence-corrected chi connectivity index (χ3v) is 3.97. The third-order valence-electron chi connectivity index (χ3n) is 3.97. The van der Waals surface area contributed by atoms with E-state index in [-0.39, 0.29) is 11.9 Å². The van der Waals surface area contributed by atoms with Crippen LogP contribution in [0.1, 0.15) is 43.2 Å². The number of hydrogen-bond donors (Lipinski definition) is 1. The molecule has 1 aliphatic carbocycles. The quantitative estimate of drug-likeness (QED) is 0.830. The predicted octanol–water partition coefficient (Wildman–Crippen LogP) is 1.94. The molecule has 1 aromatic rings. The van der Waals surface area contributed by atoms with Crippen LogP contribution in [-0.2, 0) is 16.0 Å². The first kappa shape index (κ1) is 15.5. The van der Waals surface area contributed by atoms with E-state index in [0.717, 1.165) is 29.9 Å². The number of carboxylic acids is 1. The highest BCUT2D eigenvalue weighted by Crippen LogP contribution is 2.28. The van der Waals surface area contributed by atoms with E-state index in [4.69, 9.17) is 9.63 Å². The third kappa shape index (κ3) is 3.83. The zero-order valence-corrected chi connectivity index (χ0v) is 12.8. The largest absolute Gasteiger partial charge is 0.481 e. The number of hydrogen-bond acceptors (Lipinski definition) is 4. The molecular weight excluding hydrogens is 272 g/mol. The lowest BCUT2D eigenvalue weighted by Crippen LogP contribution is -2.38. The van der Waals surface area contributed by atoms with E-state index >= 15 is 0 Å². The highest BCUT2D eigenvalue weighted by Gasteiger charge is 2.34. The molecule has 1 aliphatic rings. The molecule has 0 unspecified atom stereocenters.